The lowest BCUT2D eigenvalue weighted by molar-refractivity contribution is -0.389. The molecule has 24 heavy (non-hydrogen) atoms. The number of benzene rings is 1. The van der Waals surface area contributed by atoms with Gasteiger partial charge in [0.25, 0.3) is 0 Å². The van der Waals surface area contributed by atoms with E-state index in [9.17, 15) is 14.9 Å². The van der Waals surface area contributed by atoms with Crippen molar-refractivity contribution in [1.29, 1.82) is 0 Å². The number of hydrogen-bond donors (Lipinski definition) is 0. The Labute approximate surface area is 139 Å². The van der Waals surface area contributed by atoms with Gasteiger partial charge in [-0.2, -0.15) is 0 Å². The van der Waals surface area contributed by atoms with Crippen LogP contribution in [0.4, 0.5) is 5.82 Å². The van der Waals surface area contributed by atoms with Gasteiger partial charge in [0.2, 0.25) is 0 Å². The summed E-state index contributed by atoms with van der Waals surface area (Å²) in [5.41, 5.74) is 0.202. The van der Waals surface area contributed by atoms with Crippen molar-refractivity contribution >= 4 is 28.5 Å². The van der Waals surface area contributed by atoms with Crippen molar-refractivity contribution in [2.45, 2.75) is 25.6 Å². The number of rotatable bonds is 3. The van der Waals surface area contributed by atoms with Gasteiger partial charge < -0.3 is 19.3 Å². The molecule has 0 radical (unpaired) electrons. The van der Waals surface area contributed by atoms with Crippen LogP contribution in [0.2, 0.25) is 5.02 Å². The Hall–Kier alpha value is -2.81. The number of fused-ring (bicyclic) bond motifs is 2. The number of aromatic nitrogens is 3. The highest BCUT2D eigenvalue weighted by atomic mass is 35.5. The Morgan fingerprint density at radius 3 is 3.00 bits per heavy atom. The van der Waals surface area contributed by atoms with E-state index in [1.165, 1.54) is 10.8 Å². The van der Waals surface area contributed by atoms with E-state index >= 15 is 0 Å². The zero-order valence-electron chi connectivity index (χ0n) is 12.4. The predicted octanol–water partition coefficient (Wildman–Crippen LogP) is 2.20. The molecule has 0 saturated heterocycles. The highest BCUT2D eigenvalue weighted by Gasteiger charge is 2.41. The molecule has 0 saturated carbocycles. The minimum Gasteiger partial charge on any atom is -0.436 e. The highest BCUT2D eigenvalue weighted by molar-refractivity contribution is 6.31. The van der Waals surface area contributed by atoms with Crippen LogP contribution in [0.15, 0.2) is 33.6 Å². The van der Waals surface area contributed by atoms with Gasteiger partial charge in [-0.1, -0.05) is 11.6 Å². The summed E-state index contributed by atoms with van der Waals surface area (Å²) in [5, 5.41) is 11.2. The van der Waals surface area contributed by atoms with Crippen LogP contribution in [0, 0.1) is 10.1 Å². The maximum Gasteiger partial charge on any atom is 0.420 e. The second kappa shape index (κ2) is 4.84. The van der Waals surface area contributed by atoms with E-state index in [0.29, 0.717) is 22.7 Å². The fraction of sp³-hybridized carbons (Fsp3) is 0.286. The third-order valence-electron chi connectivity index (χ3n) is 3.88. The van der Waals surface area contributed by atoms with Gasteiger partial charge in [0.15, 0.2) is 5.58 Å². The number of oxazole rings is 1. The van der Waals surface area contributed by atoms with Crippen molar-refractivity contribution in [3.05, 3.63) is 50.1 Å². The summed E-state index contributed by atoms with van der Waals surface area (Å²) in [6.45, 7) is 2.31. The number of halogens is 1. The Morgan fingerprint density at radius 2 is 2.29 bits per heavy atom. The topological polar surface area (TPSA) is 105 Å². The minimum absolute atomic E-state index is 0.156. The van der Waals surface area contributed by atoms with Crippen LogP contribution in [0.25, 0.3) is 11.1 Å². The minimum atomic E-state index is -0.791. The molecule has 3 aromatic rings. The summed E-state index contributed by atoms with van der Waals surface area (Å²) >= 11 is 5.99. The lowest BCUT2D eigenvalue weighted by atomic mass is 10.1. The molecule has 0 fully saturated rings. The zero-order chi connectivity index (χ0) is 17.1. The molecule has 0 amide bonds. The molecule has 2 aromatic heterocycles. The van der Waals surface area contributed by atoms with Gasteiger partial charge in [0, 0.05) is 10.0 Å². The molecular weight excluding hydrogens is 340 g/mol. The molecule has 1 aliphatic heterocycles. The Balaban J connectivity index is 1.68. The van der Waals surface area contributed by atoms with Gasteiger partial charge >= 0.3 is 17.6 Å². The van der Waals surface area contributed by atoms with Gasteiger partial charge in [-0.3, -0.25) is 9.13 Å². The maximum absolute atomic E-state index is 12.1. The first-order valence-corrected chi connectivity index (χ1v) is 7.42. The van der Waals surface area contributed by atoms with E-state index in [-0.39, 0.29) is 18.4 Å². The molecule has 3 heterocycles. The normalized spacial score (nSPS) is 19.4. The molecule has 1 aliphatic rings. The second-order valence-corrected chi connectivity index (χ2v) is 6.32. The SMILES string of the molecule is CC1(Cn2c(=O)oc3ccc(Cl)cc32)Cn2cc([N+](=O)[O-])nc2O1. The average molecular weight is 351 g/mol. The van der Waals surface area contributed by atoms with E-state index in [1.54, 1.807) is 29.7 Å². The summed E-state index contributed by atoms with van der Waals surface area (Å²) in [5.74, 6) is -0.794. The lowest BCUT2D eigenvalue weighted by Gasteiger charge is -2.21. The Bertz CT molecular complexity index is 1010. The lowest BCUT2D eigenvalue weighted by Crippen LogP contribution is -2.39. The molecule has 124 valence electrons. The summed E-state index contributed by atoms with van der Waals surface area (Å²) in [6, 6.07) is 5.06. The zero-order valence-corrected chi connectivity index (χ0v) is 13.2. The van der Waals surface area contributed by atoms with E-state index in [4.69, 9.17) is 20.8 Å². The molecule has 0 spiro atoms. The summed E-state index contributed by atoms with van der Waals surface area (Å²) in [4.78, 5) is 26.1. The van der Waals surface area contributed by atoms with Crippen molar-refractivity contribution in [1.82, 2.24) is 14.1 Å². The second-order valence-electron chi connectivity index (χ2n) is 5.88. The predicted molar refractivity (Wildman–Crippen MR) is 83.4 cm³/mol. The van der Waals surface area contributed by atoms with Crippen molar-refractivity contribution in [2.75, 3.05) is 0 Å². The third kappa shape index (κ3) is 2.24. The van der Waals surface area contributed by atoms with E-state index in [1.807, 2.05) is 0 Å². The fourth-order valence-corrected chi connectivity index (χ4v) is 3.05. The van der Waals surface area contributed by atoms with Crippen LogP contribution in [0.5, 0.6) is 6.01 Å². The van der Waals surface area contributed by atoms with Gasteiger partial charge in [-0.05, 0) is 30.0 Å². The standard InChI is InChI=1S/C14H11ClN4O5/c1-14(6-17-5-11(19(21)22)16-12(17)24-14)7-18-9-4-8(15)2-3-10(9)23-13(18)20/h2-5H,6-7H2,1H3. The Kier molecular flexibility index (Phi) is 2.98. The summed E-state index contributed by atoms with van der Waals surface area (Å²) < 4.78 is 13.9. The third-order valence-corrected chi connectivity index (χ3v) is 4.11. The molecule has 9 nitrogen and oxygen atoms in total. The smallest absolute Gasteiger partial charge is 0.420 e. The number of imidazole rings is 1. The van der Waals surface area contributed by atoms with E-state index in [0.717, 1.165) is 0 Å². The molecule has 1 unspecified atom stereocenters. The van der Waals surface area contributed by atoms with Crippen LogP contribution >= 0.6 is 11.6 Å². The van der Waals surface area contributed by atoms with Crippen LogP contribution in [-0.2, 0) is 13.1 Å². The molecular formula is C14H11ClN4O5. The Morgan fingerprint density at radius 1 is 1.50 bits per heavy atom. The van der Waals surface area contributed by atoms with Crippen molar-refractivity contribution < 1.29 is 14.1 Å². The molecule has 0 bridgehead atoms. The average Bonchev–Trinajstić information content (AvgIpc) is 3.10. The molecule has 0 N–H and O–H groups in total. The van der Waals surface area contributed by atoms with Crippen LogP contribution < -0.4 is 10.5 Å². The number of nitro groups is 1. The van der Waals surface area contributed by atoms with Gasteiger partial charge in [0.1, 0.15) is 11.8 Å². The molecule has 1 atom stereocenters. The van der Waals surface area contributed by atoms with Crippen LogP contribution in [-0.4, -0.2) is 24.6 Å². The quantitative estimate of drug-likeness (QED) is 0.529. The van der Waals surface area contributed by atoms with Gasteiger partial charge in [-0.15, -0.1) is 0 Å². The number of ether oxygens (including phenoxy) is 1. The maximum atomic E-state index is 12.1. The van der Waals surface area contributed by atoms with Crippen LogP contribution in [0.1, 0.15) is 6.92 Å². The van der Waals surface area contributed by atoms with Crippen molar-refractivity contribution in [3.63, 3.8) is 0 Å². The molecule has 4 rings (SSSR count). The van der Waals surface area contributed by atoms with E-state index in [2.05, 4.69) is 4.98 Å². The molecule has 1 aromatic carbocycles. The first kappa shape index (κ1) is 14.8. The summed E-state index contributed by atoms with van der Waals surface area (Å²) in [6.07, 6.45) is 1.31. The fourth-order valence-electron chi connectivity index (χ4n) is 2.88. The van der Waals surface area contributed by atoms with Crippen molar-refractivity contribution in [3.8, 4) is 6.01 Å². The largest absolute Gasteiger partial charge is 0.436 e. The van der Waals surface area contributed by atoms with Gasteiger partial charge in [0.05, 0.1) is 18.6 Å². The number of nitrogens with zero attached hydrogens (tertiary/aromatic N) is 4. The highest BCUT2D eigenvalue weighted by Crippen LogP contribution is 2.32. The van der Waals surface area contributed by atoms with Crippen LogP contribution in [0.3, 0.4) is 0 Å². The first-order valence-electron chi connectivity index (χ1n) is 7.04. The van der Waals surface area contributed by atoms with E-state index < -0.39 is 16.3 Å². The first-order chi connectivity index (χ1) is 11.3. The number of hydrogen-bond acceptors (Lipinski definition) is 6. The monoisotopic (exact) mass is 350 g/mol. The van der Waals surface area contributed by atoms with Gasteiger partial charge in [-0.25, -0.2) is 4.79 Å². The molecule has 0 aliphatic carbocycles. The summed E-state index contributed by atoms with van der Waals surface area (Å²) in [7, 11) is 0. The molecule has 10 heteroatoms. The van der Waals surface area contributed by atoms with Crippen molar-refractivity contribution in [2.24, 2.45) is 0 Å².